The maximum atomic E-state index is 14.6. The van der Waals surface area contributed by atoms with Gasteiger partial charge in [0, 0.05) is 17.7 Å². The van der Waals surface area contributed by atoms with Gasteiger partial charge in [-0.2, -0.15) is 0 Å². The van der Waals surface area contributed by atoms with Crippen LogP contribution >= 0.6 is 0 Å². The Morgan fingerprint density at radius 1 is 1.04 bits per heavy atom. The van der Waals surface area contributed by atoms with Crippen molar-refractivity contribution < 1.29 is 28.2 Å². The minimum absolute atomic E-state index is 0.0377. The van der Waals surface area contributed by atoms with Crippen LogP contribution < -0.4 is 15.2 Å². The molecule has 1 amide bonds. The molecule has 0 heterocycles. The van der Waals surface area contributed by atoms with E-state index in [1.807, 2.05) is 0 Å². The minimum atomic E-state index is -0.833. The number of carbonyl (C=O) groups excluding carboxylic acids is 2. The lowest BCUT2D eigenvalue weighted by molar-refractivity contribution is 0.0217. The molecule has 0 aromatic heterocycles. The molecule has 6 nitrogen and oxygen atoms in total. The second-order valence-electron chi connectivity index (χ2n) is 4.98. The summed E-state index contributed by atoms with van der Waals surface area (Å²) in [6.07, 6.45) is 0. The zero-order valence-corrected chi connectivity index (χ0v) is 13.9. The lowest BCUT2D eigenvalue weighted by atomic mass is 10.00. The third-order valence-corrected chi connectivity index (χ3v) is 3.45. The number of benzene rings is 2. The standard InChI is InChI=1S/C18H18FNO5/c1-3-24-10-25-13-8-9-14(23-2)16(19)15(13)17(21)11-4-6-12(7-5-11)18(20)22/h4-9H,3,10H2,1-2H3,(H2,20,22). The quantitative estimate of drug-likeness (QED) is 0.450. The molecular formula is C18H18FNO5. The highest BCUT2D eigenvalue weighted by Gasteiger charge is 2.23. The number of rotatable bonds is 8. The summed E-state index contributed by atoms with van der Waals surface area (Å²) >= 11 is 0. The summed E-state index contributed by atoms with van der Waals surface area (Å²) < 4.78 is 30.0. The van der Waals surface area contributed by atoms with Crippen LogP contribution in [0, 0.1) is 5.82 Å². The minimum Gasteiger partial charge on any atom is -0.494 e. The van der Waals surface area contributed by atoms with Crippen LogP contribution in [-0.2, 0) is 4.74 Å². The fraction of sp³-hybridized carbons (Fsp3) is 0.222. The maximum absolute atomic E-state index is 14.6. The zero-order chi connectivity index (χ0) is 18.4. The van der Waals surface area contributed by atoms with Crippen LogP contribution in [0.1, 0.15) is 33.2 Å². The van der Waals surface area contributed by atoms with E-state index in [0.717, 1.165) is 0 Å². The second kappa shape index (κ2) is 8.25. The van der Waals surface area contributed by atoms with E-state index < -0.39 is 17.5 Å². The summed E-state index contributed by atoms with van der Waals surface area (Å²) in [6, 6.07) is 8.39. The van der Waals surface area contributed by atoms with E-state index in [1.165, 1.54) is 43.5 Å². The van der Waals surface area contributed by atoms with Crippen LogP contribution in [0.5, 0.6) is 11.5 Å². The first kappa shape index (κ1) is 18.4. The Morgan fingerprint density at radius 3 is 2.20 bits per heavy atom. The van der Waals surface area contributed by atoms with Gasteiger partial charge in [0.15, 0.2) is 24.1 Å². The van der Waals surface area contributed by atoms with E-state index in [2.05, 4.69) is 0 Å². The van der Waals surface area contributed by atoms with Gasteiger partial charge in [0.25, 0.3) is 0 Å². The summed E-state index contributed by atoms with van der Waals surface area (Å²) in [5.41, 5.74) is 5.32. The third-order valence-electron chi connectivity index (χ3n) is 3.45. The van der Waals surface area contributed by atoms with Gasteiger partial charge < -0.3 is 19.9 Å². The van der Waals surface area contributed by atoms with Gasteiger partial charge in [-0.3, -0.25) is 9.59 Å². The SMILES string of the molecule is CCOCOc1ccc(OC)c(F)c1C(=O)c1ccc(C(N)=O)cc1. The Kier molecular flexibility index (Phi) is 6.08. The molecule has 0 unspecified atom stereocenters. The average Bonchev–Trinajstić information content (AvgIpc) is 2.62. The van der Waals surface area contributed by atoms with Crippen molar-refractivity contribution in [3.05, 3.63) is 58.9 Å². The smallest absolute Gasteiger partial charge is 0.248 e. The number of amides is 1. The summed E-state index contributed by atoms with van der Waals surface area (Å²) in [6.45, 7) is 2.07. The second-order valence-corrected chi connectivity index (χ2v) is 4.98. The van der Waals surface area contributed by atoms with Crippen molar-refractivity contribution in [1.29, 1.82) is 0 Å². The van der Waals surface area contributed by atoms with E-state index in [0.29, 0.717) is 6.61 Å². The van der Waals surface area contributed by atoms with Gasteiger partial charge in [0.05, 0.1) is 7.11 Å². The van der Waals surface area contributed by atoms with Gasteiger partial charge in [0.2, 0.25) is 5.91 Å². The highest BCUT2D eigenvalue weighted by molar-refractivity contribution is 6.11. The molecule has 7 heteroatoms. The summed E-state index contributed by atoms with van der Waals surface area (Å²) in [5, 5.41) is 0. The lowest BCUT2D eigenvalue weighted by Gasteiger charge is -2.14. The van der Waals surface area contributed by atoms with Crippen molar-refractivity contribution in [3.8, 4) is 11.5 Å². The van der Waals surface area contributed by atoms with E-state index >= 15 is 0 Å². The van der Waals surface area contributed by atoms with Crippen LogP contribution in [0.3, 0.4) is 0 Å². The number of halogens is 1. The number of carbonyl (C=O) groups is 2. The van der Waals surface area contributed by atoms with Gasteiger partial charge in [-0.1, -0.05) is 12.1 Å². The Labute approximate surface area is 144 Å². The lowest BCUT2D eigenvalue weighted by Crippen LogP contribution is -2.13. The summed E-state index contributed by atoms with van der Waals surface area (Å²) in [7, 11) is 1.30. The van der Waals surface area contributed by atoms with Crippen LogP contribution in [0.25, 0.3) is 0 Å². The number of hydrogen-bond acceptors (Lipinski definition) is 5. The molecule has 2 aromatic rings. The molecule has 0 aliphatic rings. The van der Waals surface area contributed by atoms with Crippen molar-refractivity contribution in [2.45, 2.75) is 6.92 Å². The molecule has 0 atom stereocenters. The van der Waals surface area contributed by atoms with E-state index in [4.69, 9.17) is 19.9 Å². The Bertz CT molecular complexity index is 774. The first-order valence-electron chi connectivity index (χ1n) is 7.51. The Balaban J connectivity index is 2.43. The van der Waals surface area contributed by atoms with Crippen molar-refractivity contribution in [2.24, 2.45) is 5.73 Å². The average molecular weight is 347 g/mol. The van der Waals surface area contributed by atoms with E-state index in [-0.39, 0.29) is 35.0 Å². The van der Waals surface area contributed by atoms with Crippen LogP contribution in [0.15, 0.2) is 36.4 Å². The summed E-state index contributed by atoms with van der Waals surface area (Å²) in [5.74, 6) is -2.11. The number of hydrogen-bond donors (Lipinski definition) is 1. The maximum Gasteiger partial charge on any atom is 0.248 e. The molecule has 2 aromatic carbocycles. The fourth-order valence-corrected chi connectivity index (χ4v) is 2.15. The highest BCUT2D eigenvalue weighted by Crippen LogP contribution is 2.31. The molecule has 0 spiro atoms. The first-order valence-corrected chi connectivity index (χ1v) is 7.51. The van der Waals surface area contributed by atoms with Gasteiger partial charge in [-0.25, -0.2) is 4.39 Å². The molecule has 0 fully saturated rings. The molecule has 132 valence electrons. The Hall–Kier alpha value is -2.93. The topological polar surface area (TPSA) is 87.8 Å². The van der Waals surface area contributed by atoms with Crippen molar-refractivity contribution >= 4 is 11.7 Å². The normalized spacial score (nSPS) is 10.4. The van der Waals surface area contributed by atoms with Gasteiger partial charge in [0.1, 0.15) is 11.3 Å². The molecule has 0 bridgehead atoms. The number of ketones is 1. The van der Waals surface area contributed by atoms with Crippen LogP contribution in [0.2, 0.25) is 0 Å². The van der Waals surface area contributed by atoms with E-state index in [1.54, 1.807) is 6.92 Å². The van der Waals surface area contributed by atoms with Crippen LogP contribution in [-0.4, -0.2) is 32.2 Å². The van der Waals surface area contributed by atoms with Crippen LogP contribution in [0.4, 0.5) is 4.39 Å². The zero-order valence-electron chi connectivity index (χ0n) is 13.9. The number of primary amides is 1. The van der Waals surface area contributed by atoms with Gasteiger partial charge >= 0.3 is 0 Å². The largest absolute Gasteiger partial charge is 0.494 e. The molecule has 2 N–H and O–H groups in total. The molecule has 0 aliphatic carbocycles. The predicted octanol–water partition coefficient (Wildman–Crippen LogP) is 2.54. The molecule has 25 heavy (non-hydrogen) atoms. The van der Waals surface area contributed by atoms with Gasteiger partial charge in [-0.15, -0.1) is 0 Å². The number of ether oxygens (including phenoxy) is 3. The van der Waals surface area contributed by atoms with Gasteiger partial charge in [-0.05, 0) is 31.2 Å². The van der Waals surface area contributed by atoms with E-state index in [9.17, 15) is 14.0 Å². The first-order chi connectivity index (χ1) is 12.0. The monoisotopic (exact) mass is 347 g/mol. The Morgan fingerprint density at radius 2 is 1.64 bits per heavy atom. The molecular weight excluding hydrogens is 329 g/mol. The van der Waals surface area contributed by atoms with Crippen molar-refractivity contribution in [3.63, 3.8) is 0 Å². The van der Waals surface area contributed by atoms with Crippen molar-refractivity contribution in [1.82, 2.24) is 0 Å². The van der Waals surface area contributed by atoms with Crippen molar-refractivity contribution in [2.75, 3.05) is 20.5 Å². The predicted molar refractivity (Wildman–Crippen MR) is 88.5 cm³/mol. The molecule has 0 aliphatic heterocycles. The number of nitrogens with two attached hydrogens (primary N) is 1. The highest BCUT2D eigenvalue weighted by atomic mass is 19.1. The summed E-state index contributed by atoms with van der Waals surface area (Å²) in [4.78, 5) is 23.9. The number of methoxy groups -OCH3 is 1. The third kappa shape index (κ3) is 4.13. The molecule has 2 rings (SSSR count). The molecule has 0 saturated heterocycles. The fourth-order valence-electron chi connectivity index (χ4n) is 2.15. The molecule has 0 radical (unpaired) electrons. The molecule has 0 saturated carbocycles.